The van der Waals surface area contributed by atoms with Gasteiger partial charge >= 0.3 is 12.1 Å². The predicted octanol–water partition coefficient (Wildman–Crippen LogP) is 6.44. The van der Waals surface area contributed by atoms with Crippen LogP contribution in [-0.4, -0.2) is 22.7 Å². The lowest BCUT2D eigenvalue weighted by Gasteiger charge is -2.14. The molecule has 0 aliphatic rings. The first-order valence-corrected chi connectivity index (χ1v) is 10.9. The van der Waals surface area contributed by atoms with E-state index in [-0.39, 0.29) is 6.61 Å². The number of halogens is 3. The van der Waals surface area contributed by atoms with Crippen LogP contribution in [0.1, 0.15) is 16.1 Å². The fourth-order valence-corrected chi connectivity index (χ4v) is 3.91. The van der Waals surface area contributed by atoms with Crippen molar-refractivity contribution >= 4 is 17.3 Å². The average Bonchev–Trinajstić information content (AvgIpc) is 3.49. The maximum absolute atomic E-state index is 12.8. The van der Waals surface area contributed by atoms with Gasteiger partial charge in [-0.1, -0.05) is 12.1 Å². The van der Waals surface area contributed by atoms with Gasteiger partial charge in [0.25, 0.3) is 0 Å². The normalized spacial score (nSPS) is 11.4. The van der Waals surface area contributed by atoms with Crippen LogP contribution < -0.4 is 9.47 Å². The highest BCUT2D eigenvalue weighted by Gasteiger charge is 2.30. The van der Waals surface area contributed by atoms with Crippen molar-refractivity contribution in [3.63, 3.8) is 0 Å². The Morgan fingerprint density at radius 2 is 1.85 bits per heavy atom. The number of alkyl halides is 3. The minimum absolute atomic E-state index is 0.130. The van der Waals surface area contributed by atoms with Gasteiger partial charge in [-0.3, -0.25) is 0 Å². The van der Waals surface area contributed by atoms with Crippen molar-refractivity contribution in [1.82, 2.24) is 4.98 Å². The van der Waals surface area contributed by atoms with Crippen LogP contribution in [0.3, 0.4) is 0 Å². The summed E-state index contributed by atoms with van der Waals surface area (Å²) < 4.78 is 54.9. The summed E-state index contributed by atoms with van der Waals surface area (Å²) in [6, 6.07) is 10.00. The van der Waals surface area contributed by atoms with Gasteiger partial charge in [0, 0.05) is 22.1 Å². The second kappa shape index (κ2) is 9.60. The molecule has 0 spiro atoms. The molecule has 34 heavy (non-hydrogen) atoms. The molecule has 0 fully saturated rings. The number of aromatic nitrogens is 1. The Kier molecular flexibility index (Phi) is 6.60. The molecule has 2 aromatic heterocycles. The molecule has 4 aromatic rings. The standard InChI is InChI=1S/C24H18F3NO5S/c1-14-8-21(18(16-6-7-31-10-16)9-20(14)33-12-23(29)30)32-11-22-28-19(13-34-22)15-2-4-17(5-3-15)24(25,26)27/h2-10,13H,11-12H2,1H3,(H,29,30). The molecule has 2 heterocycles. The van der Waals surface area contributed by atoms with Crippen LogP contribution in [-0.2, 0) is 17.6 Å². The topological polar surface area (TPSA) is 81.8 Å². The number of carboxylic acids is 1. The monoisotopic (exact) mass is 489 g/mol. The third kappa shape index (κ3) is 5.40. The van der Waals surface area contributed by atoms with Gasteiger partial charge in [0.1, 0.15) is 23.1 Å². The van der Waals surface area contributed by atoms with Crippen molar-refractivity contribution in [2.24, 2.45) is 0 Å². The maximum atomic E-state index is 12.8. The average molecular weight is 489 g/mol. The van der Waals surface area contributed by atoms with Crippen LogP contribution in [0.25, 0.3) is 22.4 Å². The molecule has 0 radical (unpaired) electrons. The number of aliphatic carboxylic acids is 1. The lowest BCUT2D eigenvalue weighted by atomic mass is 10.0. The molecular weight excluding hydrogens is 471 g/mol. The Hall–Kier alpha value is -3.79. The van der Waals surface area contributed by atoms with E-state index in [2.05, 4.69) is 4.98 Å². The summed E-state index contributed by atoms with van der Waals surface area (Å²) in [5.41, 5.74) is 2.48. The Morgan fingerprint density at radius 3 is 2.50 bits per heavy atom. The number of aryl methyl sites for hydroxylation is 1. The fourth-order valence-electron chi connectivity index (χ4n) is 3.20. The Labute approximate surface area is 196 Å². The van der Waals surface area contributed by atoms with E-state index in [4.69, 9.17) is 19.0 Å². The number of ether oxygens (including phenoxy) is 2. The number of thiazole rings is 1. The lowest BCUT2D eigenvalue weighted by Crippen LogP contribution is -2.10. The molecule has 0 aliphatic carbocycles. The van der Waals surface area contributed by atoms with E-state index in [1.807, 2.05) is 0 Å². The van der Waals surface area contributed by atoms with Crippen molar-refractivity contribution in [2.45, 2.75) is 19.7 Å². The number of nitrogens with zero attached hydrogens (tertiary/aromatic N) is 1. The maximum Gasteiger partial charge on any atom is 0.416 e. The van der Waals surface area contributed by atoms with Crippen LogP contribution in [0.2, 0.25) is 0 Å². The molecule has 176 valence electrons. The van der Waals surface area contributed by atoms with Crippen molar-refractivity contribution in [1.29, 1.82) is 0 Å². The molecule has 4 rings (SSSR count). The Morgan fingerprint density at radius 1 is 1.09 bits per heavy atom. The smallest absolute Gasteiger partial charge is 0.416 e. The summed E-state index contributed by atoms with van der Waals surface area (Å²) in [5, 5.41) is 11.3. The minimum atomic E-state index is -4.39. The van der Waals surface area contributed by atoms with Crippen LogP contribution in [0.5, 0.6) is 11.5 Å². The molecule has 2 aromatic carbocycles. The predicted molar refractivity (Wildman–Crippen MR) is 119 cm³/mol. The molecule has 0 saturated heterocycles. The number of carboxylic acid groups (broad SMARTS) is 1. The number of carbonyl (C=O) groups is 1. The van der Waals surface area contributed by atoms with Gasteiger partial charge in [-0.05, 0) is 42.8 Å². The van der Waals surface area contributed by atoms with E-state index >= 15 is 0 Å². The van der Waals surface area contributed by atoms with E-state index in [0.29, 0.717) is 38.9 Å². The third-order valence-corrected chi connectivity index (χ3v) is 5.69. The molecule has 6 nitrogen and oxygen atoms in total. The molecule has 1 N–H and O–H groups in total. The summed E-state index contributed by atoms with van der Waals surface area (Å²) in [6.45, 7) is 1.43. The number of rotatable bonds is 8. The van der Waals surface area contributed by atoms with Gasteiger partial charge < -0.3 is 19.0 Å². The summed E-state index contributed by atoms with van der Waals surface area (Å²) in [7, 11) is 0. The number of furan rings is 1. The molecule has 0 amide bonds. The van der Waals surface area contributed by atoms with E-state index in [9.17, 15) is 18.0 Å². The Balaban J connectivity index is 1.53. The second-order valence-corrected chi connectivity index (χ2v) is 8.24. The van der Waals surface area contributed by atoms with Gasteiger partial charge in [-0.15, -0.1) is 11.3 Å². The van der Waals surface area contributed by atoms with Gasteiger partial charge in [0.05, 0.1) is 23.8 Å². The highest BCUT2D eigenvalue weighted by molar-refractivity contribution is 7.09. The van der Waals surface area contributed by atoms with E-state index < -0.39 is 24.3 Å². The second-order valence-electron chi connectivity index (χ2n) is 7.30. The first-order valence-electron chi connectivity index (χ1n) is 9.97. The summed E-state index contributed by atoms with van der Waals surface area (Å²) in [4.78, 5) is 15.3. The zero-order chi connectivity index (χ0) is 24.3. The third-order valence-electron chi connectivity index (χ3n) is 4.87. The first kappa shape index (κ1) is 23.4. The van der Waals surface area contributed by atoms with Crippen LogP contribution in [0.4, 0.5) is 13.2 Å². The molecule has 0 unspecified atom stereocenters. The molecular formula is C24H18F3NO5S. The lowest BCUT2D eigenvalue weighted by molar-refractivity contribution is -0.139. The number of hydrogen-bond donors (Lipinski definition) is 1. The van der Waals surface area contributed by atoms with E-state index in [1.54, 1.807) is 30.5 Å². The fraction of sp³-hybridized carbons (Fsp3) is 0.167. The molecule has 0 aliphatic heterocycles. The van der Waals surface area contributed by atoms with Crippen molar-refractivity contribution < 1.29 is 37.0 Å². The summed E-state index contributed by atoms with van der Waals surface area (Å²) >= 11 is 1.33. The zero-order valence-electron chi connectivity index (χ0n) is 17.8. The summed E-state index contributed by atoms with van der Waals surface area (Å²) in [6.07, 6.45) is -1.35. The quantitative estimate of drug-likeness (QED) is 0.307. The number of hydrogen-bond acceptors (Lipinski definition) is 6. The largest absolute Gasteiger partial charge is 0.486 e. The Bertz CT molecular complexity index is 1280. The van der Waals surface area contributed by atoms with Crippen LogP contribution >= 0.6 is 11.3 Å². The molecule has 0 saturated carbocycles. The van der Waals surface area contributed by atoms with Gasteiger partial charge in [-0.25, -0.2) is 9.78 Å². The first-order chi connectivity index (χ1) is 16.2. The van der Waals surface area contributed by atoms with Crippen molar-refractivity contribution in [3.05, 3.63) is 76.5 Å². The van der Waals surface area contributed by atoms with Crippen LogP contribution in [0, 0.1) is 6.92 Å². The molecule has 10 heteroatoms. The van der Waals surface area contributed by atoms with Crippen molar-refractivity contribution in [3.8, 4) is 33.9 Å². The molecule has 0 bridgehead atoms. The SMILES string of the molecule is Cc1cc(OCc2nc(-c3ccc(C(F)(F)F)cc3)cs2)c(-c2ccoc2)cc1OCC(=O)O. The highest BCUT2D eigenvalue weighted by atomic mass is 32.1. The van der Waals surface area contributed by atoms with Crippen LogP contribution in [0.15, 0.2) is 64.8 Å². The van der Waals surface area contributed by atoms with Crippen molar-refractivity contribution in [2.75, 3.05) is 6.61 Å². The zero-order valence-corrected chi connectivity index (χ0v) is 18.6. The van der Waals surface area contributed by atoms with E-state index in [1.165, 1.54) is 36.0 Å². The van der Waals surface area contributed by atoms with Gasteiger partial charge in [0.2, 0.25) is 0 Å². The van der Waals surface area contributed by atoms with Gasteiger partial charge in [0.15, 0.2) is 6.61 Å². The van der Waals surface area contributed by atoms with Gasteiger partial charge in [-0.2, -0.15) is 13.2 Å². The summed E-state index contributed by atoms with van der Waals surface area (Å²) in [5.74, 6) is -0.158. The minimum Gasteiger partial charge on any atom is -0.486 e. The number of benzene rings is 2. The van der Waals surface area contributed by atoms with E-state index in [0.717, 1.165) is 17.7 Å². The highest BCUT2D eigenvalue weighted by Crippen LogP contribution is 2.37. The molecule has 0 atom stereocenters.